The molecule has 0 unspecified atom stereocenters. The first-order valence-electron chi connectivity index (χ1n) is 5.73. The minimum absolute atomic E-state index is 0.129. The molecule has 96 valence electrons. The maximum Gasteiger partial charge on any atom is 0.225 e. The largest absolute Gasteiger partial charge is 0.311 e. The molecule has 0 amide bonds. The monoisotopic (exact) mass is 292 g/mol. The average Bonchev–Trinajstić information content (AvgIpc) is 2.76. The molecule has 0 saturated carbocycles. The molecular formula is C13H10Cl2N4. The number of fused-ring (bicyclic) bond motifs is 1. The molecule has 4 nitrogen and oxygen atoms in total. The lowest BCUT2D eigenvalue weighted by Gasteiger charge is -2.07. The van der Waals surface area contributed by atoms with Gasteiger partial charge < -0.3 is 4.57 Å². The van der Waals surface area contributed by atoms with Crippen molar-refractivity contribution >= 4 is 34.4 Å². The number of aromatic nitrogens is 4. The summed E-state index contributed by atoms with van der Waals surface area (Å²) in [5, 5.41) is 0.405. The SMILES string of the molecule is Cc1ccccc1Cn1cnc2c(Cl)nc(Cl)nc21. The fourth-order valence-corrected chi connectivity index (χ4v) is 2.39. The first-order valence-corrected chi connectivity index (χ1v) is 6.49. The summed E-state index contributed by atoms with van der Waals surface area (Å²) in [6, 6.07) is 8.17. The Morgan fingerprint density at radius 3 is 2.74 bits per heavy atom. The van der Waals surface area contributed by atoms with Crippen molar-refractivity contribution in [2.24, 2.45) is 0 Å². The van der Waals surface area contributed by atoms with E-state index in [9.17, 15) is 0 Å². The summed E-state index contributed by atoms with van der Waals surface area (Å²) in [7, 11) is 0. The summed E-state index contributed by atoms with van der Waals surface area (Å²) in [5.41, 5.74) is 3.64. The molecule has 2 heterocycles. The van der Waals surface area contributed by atoms with E-state index in [1.165, 1.54) is 11.1 Å². The van der Waals surface area contributed by atoms with Crippen LogP contribution in [0.2, 0.25) is 10.4 Å². The molecule has 0 bridgehead atoms. The highest BCUT2D eigenvalue weighted by molar-refractivity contribution is 6.35. The second kappa shape index (κ2) is 4.79. The normalized spacial score (nSPS) is 11.1. The highest BCUT2D eigenvalue weighted by Crippen LogP contribution is 2.21. The van der Waals surface area contributed by atoms with Crippen molar-refractivity contribution in [3.63, 3.8) is 0 Å². The Hall–Kier alpha value is -1.65. The van der Waals surface area contributed by atoms with E-state index in [1.54, 1.807) is 6.33 Å². The molecule has 3 rings (SSSR count). The van der Waals surface area contributed by atoms with Gasteiger partial charge in [0.15, 0.2) is 10.8 Å². The van der Waals surface area contributed by atoms with Crippen LogP contribution in [0.3, 0.4) is 0 Å². The zero-order chi connectivity index (χ0) is 13.4. The summed E-state index contributed by atoms with van der Waals surface area (Å²) < 4.78 is 1.91. The van der Waals surface area contributed by atoms with Gasteiger partial charge in [0.1, 0.15) is 5.52 Å². The number of nitrogens with zero attached hydrogens (tertiary/aromatic N) is 4. The number of imidazole rings is 1. The molecule has 0 aliphatic rings. The highest BCUT2D eigenvalue weighted by Gasteiger charge is 2.11. The lowest BCUT2D eigenvalue weighted by Crippen LogP contribution is -2.01. The molecule has 1 aromatic carbocycles. The predicted octanol–water partition coefficient (Wildman–Crippen LogP) is 3.49. The Kier molecular flexibility index (Phi) is 3.12. The third-order valence-corrected chi connectivity index (χ3v) is 3.43. The van der Waals surface area contributed by atoms with E-state index in [0.717, 1.165) is 0 Å². The van der Waals surface area contributed by atoms with Gasteiger partial charge in [-0.3, -0.25) is 0 Å². The predicted molar refractivity (Wildman–Crippen MR) is 75.6 cm³/mol. The zero-order valence-corrected chi connectivity index (χ0v) is 11.7. The molecule has 0 fully saturated rings. The van der Waals surface area contributed by atoms with Crippen molar-refractivity contribution in [2.75, 3.05) is 0 Å². The van der Waals surface area contributed by atoms with Crippen LogP contribution < -0.4 is 0 Å². The van der Waals surface area contributed by atoms with Gasteiger partial charge in [0.05, 0.1) is 12.9 Å². The lowest BCUT2D eigenvalue weighted by atomic mass is 10.1. The topological polar surface area (TPSA) is 43.6 Å². The maximum atomic E-state index is 6.00. The molecule has 0 aliphatic carbocycles. The third-order valence-electron chi connectivity index (χ3n) is 3.00. The lowest BCUT2D eigenvalue weighted by molar-refractivity contribution is 0.808. The Morgan fingerprint density at radius 1 is 1.16 bits per heavy atom. The number of hydrogen-bond acceptors (Lipinski definition) is 3. The first-order chi connectivity index (χ1) is 9.15. The van der Waals surface area contributed by atoms with Gasteiger partial charge in [-0.2, -0.15) is 4.98 Å². The minimum Gasteiger partial charge on any atom is -0.311 e. The summed E-state index contributed by atoms with van der Waals surface area (Å²) in [4.78, 5) is 12.3. The summed E-state index contributed by atoms with van der Waals surface area (Å²) >= 11 is 11.8. The molecule has 0 saturated heterocycles. The zero-order valence-electron chi connectivity index (χ0n) is 10.1. The van der Waals surface area contributed by atoms with Crippen molar-refractivity contribution < 1.29 is 0 Å². The van der Waals surface area contributed by atoms with Gasteiger partial charge in [-0.15, -0.1) is 0 Å². The molecule has 0 spiro atoms. The van der Waals surface area contributed by atoms with Gasteiger partial charge in [-0.1, -0.05) is 35.9 Å². The van der Waals surface area contributed by atoms with Crippen LogP contribution in [0.4, 0.5) is 0 Å². The van der Waals surface area contributed by atoms with Gasteiger partial charge in [-0.05, 0) is 29.7 Å². The Morgan fingerprint density at radius 2 is 1.95 bits per heavy atom. The summed E-state index contributed by atoms with van der Waals surface area (Å²) in [6.07, 6.45) is 1.70. The van der Waals surface area contributed by atoms with Crippen molar-refractivity contribution in [1.82, 2.24) is 19.5 Å². The molecule has 0 radical (unpaired) electrons. The van der Waals surface area contributed by atoms with E-state index in [2.05, 4.69) is 34.0 Å². The molecule has 3 aromatic rings. The number of rotatable bonds is 2. The van der Waals surface area contributed by atoms with Crippen molar-refractivity contribution in [3.8, 4) is 0 Å². The van der Waals surface area contributed by atoms with Gasteiger partial charge in [-0.25, -0.2) is 9.97 Å². The smallest absolute Gasteiger partial charge is 0.225 e. The summed E-state index contributed by atoms with van der Waals surface area (Å²) in [5.74, 6) is 0. The molecule has 19 heavy (non-hydrogen) atoms. The maximum absolute atomic E-state index is 6.00. The molecule has 0 atom stereocenters. The van der Waals surface area contributed by atoms with E-state index >= 15 is 0 Å². The standard InChI is InChI=1S/C13H10Cl2N4/c1-8-4-2-3-5-9(8)6-19-7-16-10-11(14)17-13(15)18-12(10)19/h2-5,7H,6H2,1H3. The van der Waals surface area contributed by atoms with Crippen molar-refractivity contribution in [1.29, 1.82) is 0 Å². The van der Waals surface area contributed by atoms with Gasteiger partial charge >= 0.3 is 0 Å². The minimum atomic E-state index is 0.129. The third kappa shape index (κ3) is 2.29. The second-order valence-corrected chi connectivity index (χ2v) is 4.95. The van der Waals surface area contributed by atoms with E-state index in [4.69, 9.17) is 23.2 Å². The fourth-order valence-electron chi connectivity index (χ4n) is 1.97. The molecular weight excluding hydrogens is 283 g/mol. The Labute approximate surface area is 120 Å². The number of hydrogen-bond donors (Lipinski definition) is 0. The summed E-state index contributed by atoms with van der Waals surface area (Å²) in [6.45, 7) is 2.75. The van der Waals surface area contributed by atoms with Gasteiger partial charge in [0.2, 0.25) is 5.28 Å². The average molecular weight is 293 g/mol. The van der Waals surface area contributed by atoms with Crippen LogP contribution in [0.1, 0.15) is 11.1 Å². The molecule has 2 aromatic heterocycles. The van der Waals surface area contributed by atoms with E-state index in [1.807, 2.05) is 16.7 Å². The number of benzene rings is 1. The van der Waals surface area contributed by atoms with E-state index in [-0.39, 0.29) is 10.4 Å². The Bertz CT molecular complexity index is 751. The molecule has 6 heteroatoms. The number of halogens is 2. The second-order valence-electron chi connectivity index (χ2n) is 4.25. The molecule has 0 aliphatic heterocycles. The van der Waals surface area contributed by atoms with Crippen LogP contribution in [0, 0.1) is 6.92 Å². The van der Waals surface area contributed by atoms with Gasteiger partial charge in [0.25, 0.3) is 0 Å². The van der Waals surface area contributed by atoms with Gasteiger partial charge in [0, 0.05) is 0 Å². The quantitative estimate of drug-likeness (QED) is 0.536. The molecule has 0 N–H and O–H groups in total. The number of aryl methyl sites for hydroxylation is 1. The fraction of sp³-hybridized carbons (Fsp3) is 0.154. The van der Waals surface area contributed by atoms with Crippen LogP contribution in [-0.2, 0) is 6.54 Å². The first kappa shape index (κ1) is 12.4. The van der Waals surface area contributed by atoms with Crippen molar-refractivity contribution in [3.05, 3.63) is 52.2 Å². The van der Waals surface area contributed by atoms with E-state index in [0.29, 0.717) is 17.7 Å². The van der Waals surface area contributed by atoms with Crippen LogP contribution in [-0.4, -0.2) is 19.5 Å². The highest BCUT2D eigenvalue weighted by atomic mass is 35.5. The Balaban J connectivity index is 2.09. The van der Waals surface area contributed by atoms with Crippen LogP contribution in [0.5, 0.6) is 0 Å². The van der Waals surface area contributed by atoms with Crippen LogP contribution in [0.25, 0.3) is 11.2 Å². The van der Waals surface area contributed by atoms with E-state index < -0.39 is 0 Å². The van der Waals surface area contributed by atoms with Crippen molar-refractivity contribution in [2.45, 2.75) is 13.5 Å². The van der Waals surface area contributed by atoms with Crippen LogP contribution in [0.15, 0.2) is 30.6 Å². The van der Waals surface area contributed by atoms with Crippen LogP contribution >= 0.6 is 23.2 Å².